The highest BCUT2D eigenvalue weighted by Gasteiger charge is 2.41. The molecule has 0 saturated heterocycles. The van der Waals surface area contributed by atoms with Crippen LogP contribution in [0.1, 0.15) is 39.9 Å². The highest BCUT2D eigenvalue weighted by molar-refractivity contribution is 6.13. The van der Waals surface area contributed by atoms with E-state index in [4.69, 9.17) is 5.73 Å². The normalized spacial score (nSPS) is 15.4. The minimum atomic E-state index is -0.279. The fourth-order valence-corrected chi connectivity index (χ4v) is 3.53. The molecule has 0 spiro atoms. The van der Waals surface area contributed by atoms with E-state index in [-0.39, 0.29) is 11.2 Å². The van der Waals surface area contributed by atoms with Crippen molar-refractivity contribution < 1.29 is 4.79 Å². The molecule has 1 aliphatic carbocycles. The maximum Gasteiger partial charge on any atom is 0.193 e. The molecule has 0 atom stereocenters. The molecule has 0 saturated carbocycles. The van der Waals surface area contributed by atoms with Gasteiger partial charge >= 0.3 is 0 Å². The Kier molecular flexibility index (Phi) is 3.68. The van der Waals surface area contributed by atoms with Crippen molar-refractivity contribution in [2.24, 2.45) is 5.73 Å². The monoisotopic (exact) mass is 289 g/mol. The molecule has 22 heavy (non-hydrogen) atoms. The number of ketones is 1. The lowest BCUT2D eigenvalue weighted by atomic mass is 9.63. The largest absolute Gasteiger partial charge is 0.405 e. The zero-order chi connectivity index (χ0) is 15.6. The van der Waals surface area contributed by atoms with Gasteiger partial charge < -0.3 is 5.73 Å². The maximum absolute atomic E-state index is 12.8. The number of fused-ring (bicyclic) bond motifs is 2. The number of nitrogens with two attached hydrogens (primary N) is 1. The van der Waals surface area contributed by atoms with Crippen molar-refractivity contribution >= 4 is 5.78 Å². The lowest BCUT2D eigenvalue weighted by Crippen LogP contribution is -2.35. The first-order valence-electron chi connectivity index (χ1n) is 7.46. The van der Waals surface area contributed by atoms with Crippen LogP contribution in [-0.2, 0) is 5.41 Å². The van der Waals surface area contributed by atoms with E-state index in [2.05, 4.69) is 18.7 Å². The molecular formula is C20H19NO. The first-order chi connectivity index (χ1) is 10.7. The van der Waals surface area contributed by atoms with Crippen LogP contribution in [-0.4, -0.2) is 5.78 Å². The van der Waals surface area contributed by atoms with Crippen LogP contribution in [0.15, 0.2) is 73.5 Å². The summed E-state index contributed by atoms with van der Waals surface area (Å²) in [6.07, 6.45) is 6.97. The Labute approximate surface area is 131 Å². The number of rotatable bonds is 4. The molecule has 2 heteroatoms. The zero-order valence-electron chi connectivity index (χ0n) is 12.5. The van der Waals surface area contributed by atoms with Crippen LogP contribution in [0.5, 0.6) is 0 Å². The SMILES string of the molecule is C=CCC1(CC=CN)c2ccccc2C(=O)c2ccccc21. The van der Waals surface area contributed by atoms with E-state index in [1.165, 1.54) is 0 Å². The van der Waals surface area contributed by atoms with Crippen molar-refractivity contribution in [3.63, 3.8) is 0 Å². The minimum absolute atomic E-state index is 0.0996. The summed E-state index contributed by atoms with van der Waals surface area (Å²) in [5.74, 6) is 0.0996. The molecule has 110 valence electrons. The number of hydrogen-bond acceptors (Lipinski definition) is 2. The van der Waals surface area contributed by atoms with Gasteiger partial charge in [-0.15, -0.1) is 6.58 Å². The summed E-state index contributed by atoms with van der Waals surface area (Å²) in [5.41, 5.74) is 9.02. The average molecular weight is 289 g/mol. The van der Waals surface area contributed by atoms with Crippen LogP contribution in [0.25, 0.3) is 0 Å². The number of carbonyl (C=O) groups excluding carboxylic acids is 1. The summed E-state index contributed by atoms with van der Waals surface area (Å²) in [7, 11) is 0. The van der Waals surface area contributed by atoms with Gasteiger partial charge in [0, 0.05) is 16.5 Å². The molecule has 0 unspecified atom stereocenters. The van der Waals surface area contributed by atoms with E-state index in [1.54, 1.807) is 6.20 Å². The average Bonchev–Trinajstić information content (AvgIpc) is 2.57. The van der Waals surface area contributed by atoms with Crippen LogP contribution < -0.4 is 5.73 Å². The van der Waals surface area contributed by atoms with E-state index in [1.807, 2.05) is 48.6 Å². The first-order valence-corrected chi connectivity index (χ1v) is 7.46. The molecule has 0 fully saturated rings. The third-order valence-electron chi connectivity index (χ3n) is 4.47. The van der Waals surface area contributed by atoms with Crippen molar-refractivity contribution in [1.29, 1.82) is 0 Å². The summed E-state index contributed by atoms with van der Waals surface area (Å²) in [5, 5.41) is 0. The second-order valence-electron chi connectivity index (χ2n) is 5.63. The van der Waals surface area contributed by atoms with Crippen LogP contribution in [0, 0.1) is 0 Å². The van der Waals surface area contributed by atoms with Crippen LogP contribution in [0.2, 0.25) is 0 Å². The standard InChI is InChI=1S/C20H19NO/c1-2-12-20(13-7-14-21)17-10-5-3-8-15(17)19(22)16-9-4-6-11-18(16)20/h2-11,14H,1,12-13,21H2. The molecule has 0 heterocycles. The van der Waals surface area contributed by atoms with Gasteiger partial charge in [0.25, 0.3) is 0 Å². The second-order valence-corrected chi connectivity index (χ2v) is 5.63. The zero-order valence-corrected chi connectivity index (χ0v) is 12.5. The van der Waals surface area contributed by atoms with Gasteiger partial charge in [-0.25, -0.2) is 0 Å². The van der Waals surface area contributed by atoms with E-state index < -0.39 is 0 Å². The van der Waals surface area contributed by atoms with E-state index in [9.17, 15) is 4.79 Å². The minimum Gasteiger partial charge on any atom is -0.405 e. The molecule has 0 amide bonds. The Hall–Kier alpha value is -2.61. The van der Waals surface area contributed by atoms with E-state index in [0.717, 1.165) is 35.1 Å². The van der Waals surface area contributed by atoms with E-state index >= 15 is 0 Å². The number of allylic oxidation sites excluding steroid dienone is 2. The summed E-state index contributed by atoms with van der Waals surface area (Å²) in [6, 6.07) is 15.8. The molecular weight excluding hydrogens is 270 g/mol. The van der Waals surface area contributed by atoms with Gasteiger partial charge in [0.1, 0.15) is 0 Å². The first kappa shape index (κ1) is 14.3. The summed E-state index contributed by atoms with van der Waals surface area (Å²) < 4.78 is 0. The van der Waals surface area contributed by atoms with Crippen molar-refractivity contribution in [3.8, 4) is 0 Å². The van der Waals surface area contributed by atoms with Crippen molar-refractivity contribution in [1.82, 2.24) is 0 Å². The third-order valence-corrected chi connectivity index (χ3v) is 4.47. The van der Waals surface area contributed by atoms with Gasteiger partial charge in [-0.3, -0.25) is 4.79 Å². The third kappa shape index (κ3) is 2.00. The lowest BCUT2D eigenvalue weighted by Gasteiger charge is -2.39. The number of hydrogen-bond donors (Lipinski definition) is 1. The fourth-order valence-electron chi connectivity index (χ4n) is 3.53. The van der Waals surface area contributed by atoms with Crippen LogP contribution in [0.4, 0.5) is 0 Å². The Bertz CT molecular complexity index is 708. The Balaban J connectivity index is 2.34. The van der Waals surface area contributed by atoms with Crippen LogP contribution >= 0.6 is 0 Å². The van der Waals surface area contributed by atoms with Gasteiger partial charge in [0.05, 0.1) is 0 Å². The lowest BCUT2D eigenvalue weighted by molar-refractivity contribution is 0.103. The van der Waals surface area contributed by atoms with Crippen LogP contribution in [0.3, 0.4) is 0 Å². The highest BCUT2D eigenvalue weighted by atomic mass is 16.1. The Morgan fingerprint density at radius 1 is 0.955 bits per heavy atom. The molecule has 2 aromatic rings. The molecule has 0 aliphatic heterocycles. The number of benzene rings is 2. The van der Waals surface area contributed by atoms with Gasteiger partial charge in [-0.2, -0.15) is 0 Å². The topological polar surface area (TPSA) is 43.1 Å². The molecule has 2 aromatic carbocycles. The quantitative estimate of drug-likeness (QED) is 0.866. The summed E-state index contributed by atoms with van der Waals surface area (Å²) >= 11 is 0. The van der Waals surface area contributed by atoms with Crippen molar-refractivity contribution in [2.75, 3.05) is 0 Å². The molecule has 2 nitrogen and oxygen atoms in total. The fraction of sp³-hybridized carbons (Fsp3) is 0.150. The smallest absolute Gasteiger partial charge is 0.193 e. The second kappa shape index (κ2) is 5.64. The summed E-state index contributed by atoms with van der Waals surface area (Å²) in [6.45, 7) is 3.93. The summed E-state index contributed by atoms with van der Waals surface area (Å²) in [4.78, 5) is 12.8. The molecule has 2 N–H and O–H groups in total. The van der Waals surface area contributed by atoms with Crippen molar-refractivity contribution in [3.05, 3.63) is 95.7 Å². The predicted molar refractivity (Wildman–Crippen MR) is 89.9 cm³/mol. The molecule has 0 radical (unpaired) electrons. The van der Waals surface area contributed by atoms with E-state index in [0.29, 0.717) is 0 Å². The molecule has 3 rings (SSSR count). The molecule has 0 bridgehead atoms. The van der Waals surface area contributed by atoms with Gasteiger partial charge in [-0.05, 0) is 30.2 Å². The molecule has 1 aliphatic rings. The highest BCUT2D eigenvalue weighted by Crippen LogP contribution is 2.46. The van der Waals surface area contributed by atoms with Crippen molar-refractivity contribution in [2.45, 2.75) is 18.3 Å². The predicted octanol–water partition coefficient (Wildman–Crippen LogP) is 3.96. The maximum atomic E-state index is 12.8. The Morgan fingerprint density at radius 2 is 1.50 bits per heavy atom. The Morgan fingerprint density at radius 3 is 2.00 bits per heavy atom. The molecule has 0 aromatic heterocycles. The van der Waals surface area contributed by atoms with Gasteiger partial charge in [-0.1, -0.05) is 60.7 Å². The van der Waals surface area contributed by atoms with Gasteiger partial charge in [0.15, 0.2) is 5.78 Å². The number of carbonyl (C=O) groups is 1. The van der Waals surface area contributed by atoms with Gasteiger partial charge in [0.2, 0.25) is 0 Å².